The highest BCUT2D eigenvalue weighted by atomic mass is 16.2. The number of hydrogen-bond acceptors (Lipinski definition) is 3. The van der Waals surface area contributed by atoms with E-state index in [1.807, 2.05) is 36.5 Å². The van der Waals surface area contributed by atoms with Crippen molar-refractivity contribution < 1.29 is 9.59 Å². The molecule has 1 atom stereocenters. The Labute approximate surface area is 189 Å². The van der Waals surface area contributed by atoms with Gasteiger partial charge in [0, 0.05) is 50.2 Å². The zero-order chi connectivity index (χ0) is 22.2. The molecule has 1 saturated heterocycles. The Kier molecular flexibility index (Phi) is 7.56. The van der Waals surface area contributed by atoms with Crippen molar-refractivity contribution in [3.8, 4) is 0 Å². The smallest absolute Gasteiger partial charge is 0.223 e. The standard InChI is InChI=1S/C26H32N4O2/c31-25-12-16-30(19-21-8-9-24-23(17-21)11-13-27-24)15-4-7-22(10-14-28-25)26(32)29-18-20-5-2-1-3-6-20/h1-3,5-6,8-9,11,13,17,22,27H,4,7,10,12,14-16,18-19H2,(H,28,31)(H,29,32). The van der Waals surface area contributed by atoms with E-state index in [-0.39, 0.29) is 17.7 Å². The second-order valence-corrected chi connectivity index (χ2v) is 8.61. The van der Waals surface area contributed by atoms with Gasteiger partial charge >= 0.3 is 0 Å². The largest absolute Gasteiger partial charge is 0.361 e. The van der Waals surface area contributed by atoms with Gasteiger partial charge in [0.05, 0.1) is 0 Å². The van der Waals surface area contributed by atoms with Crippen LogP contribution in [0.5, 0.6) is 0 Å². The molecule has 3 aromatic rings. The summed E-state index contributed by atoms with van der Waals surface area (Å²) < 4.78 is 0. The van der Waals surface area contributed by atoms with Crippen molar-refractivity contribution in [1.82, 2.24) is 20.5 Å². The summed E-state index contributed by atoms with van der Waals surface area (Å²) in [6.45, 7) is 3.49. The van der Waals surface area contributed by atoms with Crippen LogP contribution in [0.4, 0.5) is 0 Å². The van der Waals surface area contributed by atoms with Crippen LogP contribution in [-0.2, 0) is 22.7 Å². The molecule has 1 unspecified atom stereocenters. The summed E-state index contributed by atoms with van der Waals surface area (Å²) in [5.41, 5.74) is 3.47. The van der Waals surface area contributed by atoms with Gasteiger partial charge in [0.2, 0.25) is 11.8 Å². The van der Waals surface area contributed by atoms with Gasteiger partial charge in [-0.2, -0.15) is 0 Å². The Morgan fingerprint density at radius 3 is 2.78 bits per heavy atom. The number of carbonyl (C=O) groups is 2. The molecule has 1 aliphatic rings. The molecule has 0 saturated carbocycles. The number of fused-ring (bicyclic) bond motifs is 1. The van der Waals surface area contributed by atoms with E-state index in [4.69, 9.17) is 0 Å². The van der Waals surface area contributed by atoms with Crippen LogP contribution in [-0.4, -0.2) is 41.3 Å². The average molecular weight is 433 g/mol. The lowest BCUT2D eigenvalue weighted by atomic mass is 9.97. The van der Waals surface area contributed by atoms with Gasteiger partial charge in [-0.05, 0) is 60.5 Å². The number of nitrogens with zero attached hydrogens (tertiary/aromatic N) is 1. The molecule has 1 aromatic heterocycles. The van der Waals surface area contributed by atoms with Crippen molar-refractivity contribution in [3.05, 3.63) is 71.9 Å². The number of amides is 2. The molecule has 2 heterocycles. The fourth-order valence-corrected chi connectivity index (χ4v) is 4.36. The molecule has 0 radical (unpaired) electrons. The number of benzene rings is 2. The van der Waals surface area contributed by atoms with E-state index in [0.29, 0.717) is 25.9 Å². The highest BCUT2D eigenvalue weighted by Crippen LogP contribution is 2.18. The van der Waals surface area contributed by atoms with Crippen molar-refractivity contribution in [3.63, 3.8) is 0 Å². The molecule has 6 heteroatoms. The zero-order valence-electron chi connectivity index (χ0n) is 18.5. The van der Waals surface area contributed by atoms with Gasteiger partial charge in [0.15, 0.2) is 0 Å². The monoisotopic (exact) mass is 432 g/mol. The van der Waals surface area contributed by atoms with E-state index in [9.17, 15) is 9.59 Å². The third-order valence-electron chi connectivity index (χ3n) is 6.20. The lowest BCUT2D eigenvalue weighted by Gasteiger charge is -2.23. The number of H-pyrrole nitrogens is 1. The van der Waals surface area contributed by atoms with Crippen LogP contribution in [0.25, 0.3) is 10.9 Å². The topological polar surface area (TPSA) is 77.2 Å². The third kappa shape index (κ3) is 6.20. The Hall–Kier alpha value is -3.12. The van der Waals surface area contributed by atoms with Crippen LogP contribution in [0.3, 0.4) is 0 Å². The number of carbonyl (C=O) groups excluding carboxylic acids is 2. The Morgan fingerprint density at radius 2 is 1.91 bits per heavy atom. The summed E-state index contributed by atoms with van der Waals surface area (Å²) in [5.74, 6) is 0.0448. The number of rotatable bonds is 5. The van der Waals surface area contributed by atoms with Gasteiger partial charge in [-0.1, -0.05) is 36.4 Å². The second kappa shape index (κ2) is 11.0. The molecule has 32 heavy (non-hydrogen) atoms. The van der Waals surface area contributed by atoms with Gasteiger partial charge < -0.3 is 15.6 Å². The third-order valence-corrected chi connectivity index (χ3v) is 6.20. The maximum absolute atomic E-state index is 12.8. The molecule has 4 rings (SSSR count). The zero-order valence-corrected chi connectivity index (χ0v) is 18.5. The summed E-state index contributed by atoms with van der Waals surface area (Å²) >= 11 is 0. The predicted octanol–water partition coefficient (Wildman–Crippen LogP) is 3.59. The minimum Gasteiger partial charge on any atom is -0.361 e. The second-order valence-electron chi connectivity index (χ2n) is 8.61. The van der Waals surface area contributed by atoms with Crippen molar-refractivity contribution in [2.75, 3.05) is 19.6 Å². The minimum absolute atomic E-state index is 0.0569. The summed E-state index contributed by atoms with van der Waals surface area (Å²) in [6, 6.07) is 18.5. The fourth-order valence-electron chi connectivity index (χ4n) is 4.36. The first kappa shape index (κ1) is 22.1. The van der Waals surface area contributed by atoms with Crippen molar-refractivity contribution in [2.45, 2.75) is 38.8 Å². The quantitative estimate of drug-likeness (QED) is 0.577. The SMILES string of the molecule is O=C1CCN(Cc2ccc3[nH]ccc3c2)CCCC(C(=O)NCc2ccccc2)CCN1. The molecule has 2 amide bonds. The first-order valence-corrected chi connectivity index (χ1v) is 11.5. The summed E-state index contributed by atoms with van der Waals surface area (Å²) in [6.07, 6.45) is 4.87. The molecular weight excluding hydrogens is 400 g/mol. The molecule has 0 aliphatic carbocycles. The van der Waals surface area contributed by atoms with Gasteiger partial charge in [0.25, 0.3) is 0 Å². The van der Waals surface area contributed by atoms with E-state index < -0.39 is 0 Å². The van der Waals surface area contributed by atoms with Gasteiger partial charge in [-0.25, -0.2) is 0 Å². The lowest BCUT2D eigenvalue weighted by Crippen LogP contribution is -2.33. The molecule has 0 bridgehead atoms. The van der Waals surface area contributed by atoms with Gasteiger partial charge in [-0.15, -0.1) is 0 Å². The van der Waals surface area contributed by atoms with Crippen molar-refractivity contribution >= 4 is 22.7 Å². The summed E-state index contributed by atoms with van der Waals surface area (Å²) in [4.78, 5) is 30.7. The van der Waals surface area contributed by atoms with Gasteiger partial charge in [0.1, 0.15) is 0 Å². The highest BCUT2D eigenvalue weighted by molar-refractivity contribution is 5.80. The summed E-state index contributed by atoms with van der Waals surface area (Å²) in [7, 11) is 0. The molecule has 6 nitrogen and oxygen atoms in total. The first-order valence-electron chi connectivity index (χ1n) is 11.5. The van der Waals surface area contributed by atoms with E-state index in [0.717, 1.165) is 43.6 Å². The molecule has 168 valence electrons. The number of aromatic amines is 1. The van der Waals surface area contributed by atoms with Gasteiger partial charge in [-0.3, -0.25) is 14.5 Å². The Bertz CT molecular complexity index is 1030. The van der Waals surface area contributed by atoms with E-state index >= 15 is 0 Å². The summed E-state index contributed by atoms with van der Waals surface area (Å²) in [5, 5.41) is 7.27. The van der Waals surface area contributed by atoms with E-state index in [2.05, 4.69) is 44.8 Å². The molecule has 1 fully saturated rings. The van der Waals surface area contributed by atoms with Crippen LogP contribution in [0.15, 0.2) is 60.8 Å². The first-order chi connectivity index (χ1) is 15.7. The Morgan fingerprint density at radius 1 is 1.03 bits per heavy atom. The molecule has 3 N–H and O–H groups in total. The maximum Gasteiger partial charge on any atom is 0.223 e. The Balaban J connectivity index is 1.35. The van der Waals surface area contributed by atoms with Crippen LogP contribution in [0.1, 0.15) is 36.8 Å². The number of aromatic nitrogens is 1. The lowest BCUT2D eigenvalue weighted by molar-refractivity contribution is -0.126. The number of hydrogen-bond donors (Lipinski definition) is 3. The number of nitrogens with one attached hydrogen (secondary N) is 3. The fraction of sp³-hybridized carbons (Fsp3) is 0.385. The maximum atomic E-state index is 12.8. The van der Waals surface area contributed by atoms with E-state index in [1.165, 1.54) is 10.9 Å². The van der Waals surface area contributed by atoms with E-state index in [1.54, 1.807) is 0 Å². The normalized spacial score (nSPS) is 18.6. The predicted molar refractivity (Wildman–Crippen MR) is 127 cm³/mol. The van der Waals surface area contributed by atoms with Crippen LogP contribution in [0.2, 0.25) is 0 Å². The van der Waals surface area contributed by atoms with Crippen LogP contribution in [0, 0.1) is 5.92 Å². The molecule has 1 aliphatic heterocycles. The highest BCUT2D eigenvalue weighted by Gasteiger charge is 2.20. The molecular formula is C26H32N4O2. The van der Waals surface area contributed by atoms with Crippen molar-refractivity contribution in [1.29, 1.82) is 0 Å². The minimum atomic E-state index is -0.0878. The molecule has 0 spiro atoms. The van der Waals surface area contributed by atoms with Crippen molar-refractivity contribution in [2.24, 2.45) is 5.92 Å². The average Bonchev–Trinajstić information content (AvgIpc) is 3.27. The van der Waals surface area contributed by atoms with Crippen LogP contribution >= 0.6 is 0 Å². The molecule has 2 aromatic carbocycles. The van der Waals surface area contributed by atoms with Crippen LogP contribution < -0.4 is 10.6 Å².